The van der Waals surface area contributed by atoms with Crippen molar-refractivity contribution in [2.24, 2.45) is 5.92 Å². The van der Waals surface area contributed by atoms with E-state index in [-0.39, 0.29) is 11.8 Å². The molecule has 24 heavy (non-hydrogen) atoms. The Morgan fingerprint density at radius 3 is 2.83 bits per heavy atom. The van der Waals surface area contributed by atoms with E-state index in [1.165, 1.54) is 0 Å². The second-order valence-corrected chi connectivity index (χ2v) is 7.71. The standard InChI is InChI=1S/C18H25ClN2O2S/c1-13-6-5-10-21(12-13)18(23)16(9-11-24-2)20-17(22)14-7-3-4-8-15(14)19/h3-4,7-8,13,16H,5-6,9-12H2,1-2H3,(H,20,22)/t13-,16-/m0/s1. The molecule has 132 valence electrons. The van der Waals surface area contributed by atoms with E-state index < -0.39 is 6.04 Å². The highest BCUT2D eigenvalue weighted by molar-refractivity contribution is 7.98. The molecule has 0 spiro atoms. The van der Waals surface area contributed by atoms with Crippen molar-refractivity contribution < 1.29 is 9.59 Å². The lowest BCUT2D eigenvalue weighted by Gasteiger charge is -2.33. The fraction of sp³-hybridized carbons (Fsp3) is 0.556. The third kappa shape index (κ3) is 5.15. The molecular formula is C18H25ClN2O2S. The molecule has 1 heterocycles. The molecule has 1 aliphatic rings. The minimum atomic E-state index is -0.494. The number of hydrogen-bond acceptors (Lipinski definition) is 3. The van der Waals surface area contributed by atoms with Gasteiger partial charge in [-0.25, -0.2) is 0 Å². The molecule has 2 atom stereocenters. The molecular weight excluding hydrogens is 344 g/mol. The van der Waals surface area contributed by atoms with Crippen LogP contribution in [0.15, 0.2) is 24.3 Å². The maximum Gasteiger partial charge on any atom is 0.253 e. The lowest BCUT2D eigenvalue weighted by atomic mass is 9.99. The van der Waals surface area contributed by atoms with Crippen molar-refractivity contribution in [1.29, 1.82) is 0 Å². The molecule has 2 rings (SSSR count). The number of piperidine rings is 1. The van der Waals surface area contributed by atoms with Crippen molar-refractivity contribution in [2.75, 3.05) is 25.1 Å². The van der Waals surface area contributed by atoms with Gasteiger partial charge in [0.05, 0.1) is 10.6 Å². The van der Waals surface area contributed by atoms with Gasteiger partial charge < -0.3 is 10.2 Å². The highest BCUT2D eigenvalue weighted by Gasteiger charge is 2.29. The Kier molecular flexibility index (Phi) is 7.43. The van der Waals surface area contributed by atoms with Crippen LogP contribution in [0.1, 0.15) is 36.5 Å². The summed E-state index contributed by atoms with van der Waals surface area (Å²) in [5, 5.41) is 3.29. The molecule has 1 aromatic carbocycles. The van der Waals surface area contributed by atoms with Crippen LogP contribution in [0.25, 0.3) is 0 Å². The van der Waals surface area contributed by atoms with Crippen LogP contribution in [0.2, 0.25) is 5.02 Å². The van der Waals surface area contributed by atoms with Crippen molar-refractivity contribution in [2.45, 2.75) is 32.2 Å². The summed E-state index contributed by atoms with van der Waals surface area (Å²) in [5.74, 6) is 1.08. The smallest absolute Gasteiger partial charge is 0.253 e. The number of benzene rings is 1. The Morgan fingerprint density at radius 2 is 2.17 bits per heavy atom. The summed E-state index contributed by atoms with van der Waals surface area (Å²) in [6.45, 7) is 3.72. The highest BCUT2D eigenvalue weighted by Crippen LogP contribution is 2.19. The third-order valence-corrected chi connectivity index (χ3v) is 5.27. The summed E-state index contributed by atoms with van der Waals surface area (Å²) in [4.78, 5) is 27.3. The first-order chi connectivity index (χ1) is 11.5. The van der Waals surface area contributed by atoms with Crippen molar-refractivity contribution in [3.05, 3.63) is 34.9 Å². The molecule has 4 nitrogen and oxygen atoms in total. The highest BCUT2D eigenvalue weighted by atomic mass is 35.5. The number of hydrogen-bond donors (Lipinski definition) is 1. The number of nitrogens with one attached hydrogen (secondary N) is 1. The normalized spacial score (nSPS) is 19.0. The number of amides is 2. The summed E-state index contributed by atoms with van der Waals surface area (Å²) in [6, 6.07) is 6.42. The first-order valence-corrected chi connectivity index (χ1v) is 10.1. The van der Waals surface area contributed by atoms with Gasteiger partial charge in [-0.3, -0.25) is 9.59 Å². The largest absolute Gasteiger partial charge is 0.341 e. The minimum absolute atomic E-state index is 0.0241. The molecule has 0 radical (unpaired) electrons. The van der Waals surface area contributed by atoms with Gasteiger partial charge in [0.2, 0.25) is 5.91 Å². The van der Waals surface area contributed by atoms with Gasteiger partial charge in [-0.1, -0.05) is 30.7 Å². The average Bonchev–Trinajstić information content (AvgIpc) is 2.58. The van der Waals surface area contributed by atoms with Gasteiger partial charge >= 0.3 is 0 Å². The first-order valence-electron chi connectivity index (χ1n) is 8.36. The van der Waals surface area contributed by atoms with Crippen molar-refractivity contribution >= 4 is 35.2 Å². The van der Waals surface area contributed by atoms with Crippen LogP contribution >= 0.6 is 23.4 Å². The van der Waals surface area contributed by atoms with Gasteiger partial charge in [-0.2, -0.15) is 11.8 Å². The molecule has 0 saturated carbocycles. The van der Waals surface area contributed by atoms with Crippen LogP contribution < -0.4 is 5.32 Å². The topological polar surface area (TPSA) is 49.4 Å². The average molecular weight is 369 g/mol. The Balaban J connectivity index is 2.08. The molecule has 6 heteroatoms. The lowest BCUT2D eigenvalue weighted by Crippen LogP contribution is -2.51. The molecule has 1 aliphatic heterocycles. The van der Waals surface area contributed by atoms with Crippen LogP contribution in [0.3, 0.4) is 0 Å². The Morgan fingerprint density at radius 1 is 1.42 bits per heavy atom. The zero-order valence-corrected chi connectivity index (χ0v) is 15.8. The van der Waals surface area contributed by atoms with Crippen molar-refractivity contribution in [1.82, 2.24) is 10.2 Å². The van der Waals surface area contributed by atoms with Crippen molar-refractivity contribution in [3.8, 4) is 0 Å². The summed E-state index contributed by atoms with van der Waals surface area (Å²) in [5.41, 5.74) is 0.410. The van der Waals surface area contributed by atoms with Gasteiger partial charge in [0, 0.05) is 13.1 Å². The molecule has 0 bridgehead atoms. The van der Waals surface area contributed by atoms with E-state index in [0.717, 1.165) is 31.7 Å². The Bertz CT molecular complexity index is 582. The van der Waals surface area contributed by atoms with E-state index in [4.69, 9.17) is 11.6 Å². The maximum absolute atomic E-state index is 12.9. The number of carbonyl (C=O) groups excluding carboxylic acids is 2. The quantitative estimate of drug-likeness (QED) is 0.836. The van der Waals surface area contributed by atoms with Crippen LogP contribution in [0.4, 0.5) is 0 Å². The zero-order valence-electron chi connectivity index (χ0n) is 14.3. The molecule has 0 unspecified atom stereocenters. The van der Waals surface area contributed by atoms with E-state index >= 15 is 0 Å². The Labute approximate surface area is 153 Å². The predicted octanol–water partition coefficient (Wildman–Crippen LogP) is 3.45. The zero-order chi connectivity index (χ0) is 17.5. The van der Waals surface area contributed by atoms with Crippen LogP contribution in [0.5, 0.6) is 0 Å². The van der Waals surface area contributed by atoms with Gasteiger partial charge in [0.15, 0.2) is 0 Å². The van der Waals surface area contributed by atoms with Crippen LogP contribution in [0, 0.1) is 5.92 Å². The Hall–Kier alpha value is -1.20. The molecule has 1 N–H and O–H groups in total. The number of carbonyl (C=O) groups is 2. The molecule has 1 fully saturated rings. The summed E-state index contributed by atoms with van der Waals surface area (Å²) in [7, 11) is 0. The number of halogens is 1. The predicted molar refractivity (Wildman–Crippen MR) is 101 cm³/mol. The van der Waals surface area contributed by atoms with Gasteiger partial charge in [-0.05, 0) is 49.3 Å². The monoisotopic (exact) mass is 368 g/mol. The molecule has 1 saturated heterocycles. The van der Waals surface area contributed by atoms with Gasteiger partial charge in [0.25, 0.3) is 5.91 Å². The number of nitrogens with zero attached hydrogens (tertiary/aromatic N) is 1. The summed E-state index contributed by atoms with van der Waals surface area (Å²) in [6.07, 6.45) is 4.81. The lowest BCUT2D eigenvalue weighted by molar-refractivity contribution is -0.135. The van der Waals surface area contributed by atoms with E-state index in [1.807, 2.05) is 11.2 Å². The second-order valence-electron chi connectivity index (χ2n) is 6.32. The van der Waals surface area contributed by atoms with Gasteiger partial charge in [-0.15, -0.1) is 0 Å². The summed E-state index contributed by atoms with van der Waals surface area (Å²) < 4.78 is 0. The number of thioether (sulfide) groups is 1. The van der Waals surface area contributed by atoms with Crippen molar-refractivity contribution in [3.63, 3.8) is 0 Å². The summed E-state index contributed by atoms with van der Waals surface area (Å²) >= 11 is 7.77. The minimum Gasteiger partial charge on any atom is -0.341 e. The SMILES string of the molecule is CSCC[C@H](NC(=O)c1ccccc1Cl)C(=O)N1CCC[C@H](C)C1. The third-order valence-electron chi connectivity index (χ3n) is 4.30. The molecule has 1 aromatic rings. The van der Waals surface area contributed by atoms with E-state index in [2.05, 4.69) is 12.2 Å². The van der Waals surface area contributed by atoms with E-state index in [1.54, 1.807) is 36.0 Å². The second kappa shape index (κ2) is 9.33. The van der Waals surface area contributed by atoms with Crippen LogP contribution in [-0.4, -0.2) is 47.9 Å². The maximum atomic E-state index is 12.9. The number of likely N-dealkylation sites (tertiary alicyclic amines) is 1. The van der Waals surface area contributed by atoms with E-state index in [0.29, 0.717) is 22.9 Å². The first kappa shape index (κ1) is 19.1. The number of rotatable bonds is 6. The fourth-order valence-electron chi connectivity index (χ4n) is 2.98. The molecule has 2 amide bonds. The van der Waals surface area contributed by atoms with E-state index in [9.17, 15) is 9.59 Å². The fourth-order valence-corrected chi connectivity index (χ4v) is 3.68. The molecule has 0 aromatic heterocycles. The van der Waals surface area contributed by atoms with Gasteiger partial charge in [0.1, 0.15) is 6.04 Å². The molecule has 0 aliphatic carbocycles. The van der Waals surface area contributed by atoms with Crippen LogP contribution in [-0.2, 0) is 4.79 Å².